The van der Waals surface area contributed by atoms with Gasteiger partial charge >= 0.3 is 0 Å². The summed E-state index contributed by atoms with van der Waals surface area (Å²) < 4.78 is 0.955. The molecule has 1 aliphatic rings. The summed E-state index contributed by atoms with van der Waals surface area (Å²) in [5.74, 6) is -0.0277. The van der Waals surface area contributed by atoms with E-state index in [4.69, 9.17) is 0 Å². The summed E-state index contributed by atoms with van der Waals surface area (Å²) in [7, 11) is 3.83. The van der Waals surface area contributed by atoms with Crippen LogP contribution in [0.1, 0.15) is 36.0 Å². The quantitative estimate of drug-likeness (QED) is 0.783. The molecule has 110 valence electrons. The SMILES string of the molecule is CNC1CCC(N(C)C(=O)c2cc(I)ccc2O)CC1. The second kappa shape index (κ2) is 6.76. The molecule has 0 aromatic heterocycles. The third-order valence-electron chi connectivity index (χ3n) is 4.16. The summed E-state index contributed by atoms with van der Waals surface area (Å²) in [6.45, 7) is 0. The Hall–Kier alpha value is -0.820. The number of amides is 1. The molecular formula is C15H21IN2O2. The van der Waals surface area contributed by atoms with Gasteiger partial charge in [0.25, 0.3) is 5.91 Å². The van der Waals surface area contributed by atoms with E-state index in [1.807, 2.05) is 14.1 Å². The Labute approximate surface area is 133 Å². The predicted molar refractivity (Wildman–Crippen MR) is 88.0 cm³/mol. The maximum atomic E-state index is 12.5. The minimum Gasteiger partial charge on any atom is -0.507 e. The summed E-state index contributed by atoms with van der Waals surface area (Å²) >= 11 is 2.15. The normalized spacial score (nSPS) is 22.6. The van der Waals surface area contributed by atoms with Crippen molar-refractivity contribution in [2.45, 2.75) is 37.8 Å². The lowest BCUT2D eigenvalue weighted by molar-refractivity contribution is 0.0682. The van der Waals surface area contributed by atoms with Gasteiger partial charge in [0.1, 0.15) is 5.75 Å². The van der Waals surface area contributed by atoms with Crippen LogP contribution < -0.4 is 5.32 Å². The Balaban J connectivity index is 2.07. The third kappa shape index (κ3) is 3.44. The number of aromatic hydroxyl groups is 1. The largest absolute Gasteiger partial charge is 0.507 e. The van der Waals surface area contributed by atoms with Crippen molar-refractivity contribution in [1.82, 2.24) is 10.2 Å². The van der Waals surface area contributed by atoms with Gasteiger partial charge in [0.05, 0.1) is 5.56 Å². The van der Waals surface area contributed by atoms with Crippen molar-refractivity contribution in [2.75, 3.05) is 14.1 Å². The number of hydrogen-bond donors (Lipinski definition) is 2. The van der Waals surface area contributed by atoms with Crippen molar-refractivity contribution < 1.29 is 9.90 Å². The van der Waals surface area contributed by atoms with Crippen molar-refractivity contribution in [3.8, 4) is 5.75 Å². The van der Waals surface area contributed by atoms with Crippen LogP contribution in [0.5, 0.6) is 5.75 Å². The van der Waals surface area contributed by atoms with Crippen LogP contribution in [0, 0.1) is 3.57 Å². The van der Waals surface area contributed by atoms with Crippen LogP contribution in [0.2, 0.25) is 0 Å². The highest BCUT2D eigenvalue weighted by Gasteiger charge is 2.27. The number of carbonyl (C=O) groups excluding carboxylic acids is 1. The first-order chi connectivity index (χ1) is 9.52. The van der Waals surface area contributed by atoms with E-state index in [0.29, 0.717) is 11.6 Å². The van der Waals surface area contributed by atoms with Crippen LogP contribution in [0.15, 0.2) is 18.2 Å². The van der Waals surface area contributed by atoms with Gasteiger partial charge in [-0.3, -0.25) is 4.79 Å². The van der Waals surface area contributed by atoms with Crippen LogP contribution in [-0.4, -0.2) is 42.1 Å². The monoisotopic (exact) mass is 388 g/mol. The maximum absolute atomic E-state index is 12.5. The van der Waals surface area contributed by atoms with Crippen molar-refractivity contribution in [1.29, 1.82) is 0 Å². The van der Waals surface area contributed by atoms with Gasteiger partial charge in [-0.2, -0.15) is 0 Å². The Morgan fingerprint density at radius 1 is 1.35 bits per heavy atom. The molecule has 20 heavy (non-hydrogen) atoms. The highest BCUT2D eigenvalue weighted by Crippen LogP contribution is 2.26. The fourth-order valence-corrected chi connectivity index (χ4v) is 3.28. The Morgan fingerprint density at radius 2 is 2.00 bits per heavy atom. The van der Waals surface area contributed by atoms with Crippen molar-refractivity contribution in [2.24, 2.45) is 0 Å². The second-order valence-corrected chi connectivity index (χ2v) is 6.62. The molecule has 4 nitrogen and oxygen atoms in total. The van der Waals surface area contributed by atoms with Crippen LogP contribution in [0.25, 0.3) is 0 Å². The summed E-state index contributed by atoms with van der Waals surface area (Å²) in [4.78, 5) is 14.3. The number of rotatable bonds is 3. The topological polar surface area (TPSA) is 52.6 Å². The van der Waals surface area contributed by atoms with Crippen molar-refractivity contribution >= 4 is 28.5 Å². The van der Waals surface area contributed by atoms with E-state index in [9.17, 15) is 9.90 Å². The van der Waals surface area contributed by atoms with Crippen LogP contribution >= 0.6 is 22.6 Å². The molecule has 0 radical (unpaired) electrons. The molecule has 2 N–H and O–H groups in total. The molecule has 0 heterocycles. The van der Waals surface area contributed by atoms with Gasteiger partial charge in [0.2, 0.25) is 0 Å². The molecule has 0 aliphatic heterocycles. The number of phenols is 1. The van der Waals surface area contributed by atoms with Gasteiger partial charge in [-0.25, -0.2) is 0 Å². The summed E-state index contributed by atoms with van der Waals surface area (Å²) in [5, 5.41) is 13.2. The van der Waals surface area contributed by atoms with Crippen LogP contribution in [0.3, 0.4) is 0 Å². The fourth-order valence-electron chi connectivity index (χ4n) is 2.79. The van der Waals surface area contributed by atoms with Crippen molar-refractivity contribution in [3.05, 3.63) is 27.3 Å². The number of phenolic OH excluding ortho intramolecular Hbond substituents is 1. The average molecular weight is 388 g/mol. The van der Waals surface area contributed by atoms with E-state index in [0.717, 1.165) is 29.3 Å². The Morgan fingerprint density at radius 3 is 2.60 bits per heavy atom. The van der Waals surface area contributed by atoms with Gasteiger partial charge in [0, 0.05) is 22.7 Å². The van der Waals surface area contributed by atoms with Gasteiger partial charge < -0.3 is 15.3 Å². The molecule has 0 spiro atoms. The molecule has 5 heteroatoms. The molecule has 1 aromatic rings. The number of nitrogens with zero attached hydrogens (tertiary/aromatic N) is 1. The van der Waals surface area contributed by atoms with E-state index in [1.165, 1.54) is 0 Å². The molecule has 1 amide bonds. The van der Waals surface area contributed by atoms with E-state index >= 15 is 0 Å². The lowest BCUT2D eigenvalue weighted by atomic mass is 9.90. The molecule has 2 rings (SSSR count). The fraction of sp³-hybridized carbons (Fsp3) is 0.533. The number of hydrogen-bond acceptors (Lipinski definition) is 3. The first-order valence-corrected chi connectivity index (χ1v) is 8.03. The second-order valence-electron chi connectivity index (χ2n) is 5.37. The maximum Gasteiger partial charge on any atom is 0.257 e. The lowest BCUT2D eigenvalue weighted by Gasteiger charge is -2.34. The Kier molecular flexibility index (Phi) is 5.26. The summed E-state index contributed by atoms with van der Waals surface area (Å²) in [6.07, 6.45) is 4.21. The first-order valence-electron chi connectivity index (χ1n) is 6.96. The zero-order valence-electron chi connectivity index (χ0n) is 11.9. The summed E-state index contributed by atoms with van der Waals surface area (Å²) in [6, 6.07) is 5.96. The first kappa shape index (κ1) is 15.6. The average Bonchev–Trinajstić information content (AvgIpc) is 2.48. The van der Waals surface area contributed by atoms with E-state index < -0.39 is 0 Å². The van der Waals surface area contributed by atoms with Crippen molar-refractivity contribution in [3.63, 3.8) is 0 Å². The molecule has 0 atom stereocenters. The van der Waals surface area contributed by atoms with Gasteiger partial charge in [-0.1, -0.05) is 0 Å². The van der Waals surface area contributed by atoms with Crippen LogP contribution in [0.4, 0.5) is 0 Å². The summed E-state index contributed by atoms with van der Waals surface area (Å²) in [5.41, 5.74) is 0.398. The molecule has 1 saturated carbocycles. The van der Waals surface area contributed by atoms with Gasteiger partial charge in [-0.15, -0.1) is 0 Å². The molecule has 1 aromatic carbocycles. The third-order valence-corrected chi connectivity index (χ3v) is 4.83. The molecule has 0 unspecified atom stereocenters. The molecular weight excluding hydrogens is 367 g/mol. The lowest BCUT2D eigenvalue weighted by Crippen LogP contribution is -2.42. The zero-order chi connectivity index (χ0) is 14.7. The minimum atomic E-state index is -0.0890. The molecule has 0 bridgehead atoms. The number of carbonyl (C=O) groups is 1. The number of halogens is 1. The number of nitrogens with one attached hydrogen (secondary N) is 1. The minimum absolute atomic E-state index is 0.0613. The van der Waals surface area contributed by atoms with Gasteiger partial charge in [0.15, 0.2) is 0 Å². The van der Waals surface area contributed by atoms with E-state index in [1.54, 1.807) is 23.1 Å². The molecule has 1 aliphatic carbocycles. The predicted octanol–water partition coefficient (Wildman–Crippen LogP) is 2.60. The zero-order valence-corrected chi connectivity index (χ0v) is 14.1. The smallest absolute Gasteiger partial charge is 0.257 e. The van der Waals surface area contributed by atoms with E-state index in [2.05, 4.69) is 27.9 Å². The highest BCUT2D eigenvalue weighted by atomic mass is 127. The van der Waals surface area contributed by atoms with E-state index in [-0.39, 0.29) is 17.7 Å². The van der Waals surface area contributed by atoms with Crippen LogP contribution in [-0.2, 0) is 0 Å². The number of benzene rings is 1. The Bertz CT molecular complexity index is 485. The standard InChI is InChI=1S/C15H21IN2O2/c1-17-11-4-6-12(7-5-11)18(2)15(20)13-9-10(16)3-8-14(13)19/h3,8-9,11-12,17,19H,4-7H2,1-2H3. The highest BCUT2D eigenvalue weighted by molar-refractivity contribution is 14.1. The molecule has 1 fully saturated rings. The van der Waals surface area contributed by atoms with Gasteiger partial charge in [-0.05, 0) is 73.5 Å². The molecule has 0 saturated heterocycles.